The standard InChI is InChI=1S/C24H31N3O6/c1-24(2,3)33-23(30)26-15-22(29)25-14-16-6-9-18(10-7-16)27-21(28)13-17-8-11-19(31-4)20(12-17)32-5/h6-12H,13-15H2,1-5H3,(H,25,29)(H,26,30)(H,27,28). The third kappa shape index (κ3) is 9.10. The molecule has 0 heterocycles. The summed E-state index contributed by atoms with van der Waals surface area (Å²) < 4.78 is 15.5. The fourth-order valence-electron chi connectivity index (χ4n) is 2.82. The van der Waals surface area contributed by atoms with E-state index >= 15 is 0 Å². The summed E-state index contributed by atoms with van der Waals surface area (Å²) in [7, 11) is 3.10. The molecule has 0 fully saturated rings. The molecule has 3 amide bonds. The molecule has 0 unspecified atom stereocenters. The average molecular weight is 458 g/mol. The second kappa shape index (κ2) is 11.8. The van der Waals surface area contributed by atoms with Crippen LogP contribution in [0.5, 0.6) is 11.5 Å². The van der Waals surface area contributed by atoms with Gasteiger partial charge in [0.15, 0.2) is 11.5 Å². The summed E-state index contributed by atoms with van der Waals surface area (Å²) >= 11 is 0. The number of alkyl carbamates (subject to hydrolysis) is 1. The van der Waals surface area contributed by atoms with Crippen LogP contribution in [0.25, 0.3) is 0 Å². The maximum atomic E-state index is 12.4. The Balaban J connectivity index is 1.78. The molecule has 0 aliphatic rings. The summed E-state index contributed by atoms with van der Waals surface area (Å²) in [6.45, 7) is 5.34. The average Bonchev–Trinajstić information content (AvgIpc) is 2.76. The number of rotatable bonds is 9. The number of anilines is 1. The molecule has 0 radical (unpaired) electrons. The van der Waals surface area contributed by atoms with Crippen LogP contribution in [0.4, 0.5) is 10.5 Å². The number of amides is 3. The Hall–Kier alpha value is -3.75. The van der Waals surface area contributed by atoms with E-state index < -0.39 is 11.7 Å². The van der Waals surface area contributed by atoms with Crippen molar-refractivity contribution in [3.8, 4) is 11.5 Å². The normalized spacial score (nSPS) is 10.7. The predicted octanol–water partition coefficient (Wildman–Crippen LogP) is 3.03. The molecule has 0 bridgehead atoms. The van der Waals surface area contributed by atoms with Gasteiger partial charge in [-0.25, -0.2) is 4.79 Å². The van der Waals surface area contributed by atoms with Crippen LogP contribution < -0.4 is 25.4 Å². The van der Waals surface area contributed by atoms with Crippen LogP contribution >= 0.6 is 0 Å². The third-order valence-corrected chi connectivity index (χ3v) is 4.33. The van der Waals surface area contributed by atoms with E-state index in [1.54, 1.807) is 71.4 Å². The van der Waals surface area contributed by atoms with E-state index in [9.17, 15) is 14.4 Å². The maximum Gasteiger partial charge on any atom is 0.408 e. The van der Waals surface area contributed by atoms with Crippen LogP contribution in [-0.2, 0) is 27.3 Å². The highest BCUT2D eigenvalue weighted by atomic mass is 16.6. The summed E-state index contributed by atoms with van der Waals surface area (Å²) in [6.07, 6.45) is -0.464. The van der Waals surface area contributed by atoms with Crippen LogP contribution in [0.2, 0.25) is 0 Å². The molecule has 33 heavy (non-hydrogen) atoms. The van der Waals surface area contributed by atoms with Gasteiger partial charge in [-0.05, 0) is 56.2 Å². The molecule has 3 N–H and O–H groups in total. The van der Waals surface area contributed by atoms with Gasteiger partial charge in [0.05, 0.1) is 20.6 Å². The monoisotopic (exact) mass is 457 g/mol. The Kier molecular flexibility index (Phi) is 9.08. The summed E-state index contributed by atoms with van der Waals surface area (Å²) in [5, 5.41) is 7.96. The molecule has 0 saturated heterocycles. The van der Waals surface area contributed by atoms with E-state index in [0.717, 1.165) is 11.1 Å². The summed E-state index contributed by atoms with van der Waals surface area (Å²) in [5.74, 6) is 0.658. The Morgan fingerprint density at radius 1 is 0.818 bits per heavy atom. The summed E-state index contributed by atoms with van der Waals surface area (Å²) in [6, 6.07) is 12.4. The van der Waals surface area contributed by atoms with Crippen LogP contribution in [0.1, 0.15) is 31.9 Å². The molecule has 0 aliphatic heterocycles. The number of benzene rings is 2. The van der Waals surface area contributed by atoms with Crippen LogP contribution in [0, 0.1) is 0 Å². The molecule has 0 aliphatic carbocycles. The van der Waals surface area contributed by atoms with Gasteiger partial charge in [0, 0.05) is 12.2 Å². The molecule has 2 aromatic rings. The van der Waals surface area contributed by atoms with Crippen molar-refractivity contribution in [2.45, 2.75) is 39.3 Å². The number of carbonyl (C=O) groups excluding carboxylic acids is 3. The van der Waals surface area contributed by atoms with Gasteiger partial charge in [0.2, 0.25) is 11.8 Å². The molecular formula is C24H31N3O6. The van der Waals surface area contributed by atoms with Gasteiger partial charge in [-0.15, -0.1) is 0 Å². The first-order valence-electron chi connectivity index (χ1n) is 10.4. The van der Waals surface area contributed by atoms with Crippen molar-refractivity contribution >= 4 is 23.6 Å². The number of hydrogen-bond acceptors (Lipinski definition) is 6. The van der Waals surface area contributed by atoms with Gasteiger partial charge >= 0.3 is 6.09 Å². The lowest BCUT2D eigenvalue weighted by Gasteiger charge is -2.19. The zero-order valence-electron chi connectivity index (χ0n) is 19.6. The SMILES string of the molecule is COc1ccc(CC(=O)Nc2ccc(CNC(=O)CNC(=O)OC(C)(C)C)cc2)cc1OC. The molecule has 0 saturated carbocycles. The highest BCUT2D eigenvalue weighted by molar-refractivity contribution is 5.92. The highest BCUT2D eigenvalue weighted by Crippen LogP contribution is 2.27. The fraction of sp³-hybridized carbons (Fsp3) is 0.375. The van der Waals surface area contributed by atoms with Crippen LogP contribution in [0.15, 0.2) is 42.5 Å². The number of carbonyl (C=O) groups is 3. The van der Waals surface area contributed by atoms with E-state index in [-0.39, 0.29) is 31.3 Å². The molecule has 0 atom stereocenters. The first kappa shape index (κ1) is 25.5. The fourth-order valence-corrected chi connectivity index (χ4v) is 2.82. The first-order chi connectivity index (χ1) is 15.6. The predicted molar refractivity (Wildman–Crippen MR) is 124 cm³/mol. The number of ether oxygens (including phenoxy) is 3. The van der Waals surface area contributed by atoms with Crippen molar-refractivity contribution in [3.63, 3.8) is 0 Å². The van der Waals surface area contributed by atoms with E-state index in [2.05, 4.69) is 16.0 Å². The van der Waals surface area contributed by atoms with Crippen molar-refractivity contribution in [2.75, 3.05) is 26.1 Å². The minimum absolute atomic E-state index is 0.170. The lowest BCUT2D eigenvalue weighted by atomic mass is 10.1. The molecule has 9 nitrogen and oxygen atoms in total. The van der Waals surface area contributed by atoms with Crippen molar-refractivity contribution in [3.05, 3.63) is 53.6 Å². The van der Waals surface area contributed by atoms with E-state index in [0.29, 0.717) is 17.2 Å². The van der Waals surface area contributed by atoms with Crippen molar-refractivity contribution in [1.29, 1.82) is 0 Å². The highest BCUT2D eigenvalue weighted by Gasteiger charge is 2.16. The van der Waals surface area contributed by atoms with Crippen molar-refractivity contribution < 1.29 is 28.6 Å². The van der Waals surface area contributed by atoms with Crippen molar-refractivity contribution in [2.24, 2.45) is 0 Å². The second-order valence-corrected chi connectivity index (χ2v) is 8.24. The molecule has 0 aromatic heterocycles. The van der Waals surface area contributed by atoms with Crippen LogP contribution in [0.3, 0.4) is 0 Å². The molecule has 178 valence electrons. The zero-order valence-corrected chi connectivity index (χ0v) is 19.6. The summed E-state index contributed by atoms with van der Waals surface area (Å²) in [5.41, 5.74) is 1.66. The van der Waals surface area contributed by atoms with E-state index in [4.69, 9.17) is 14.2 Å². The van der Waals surface area contributed by atoms with Gasteiger partial charge in [0.1, 0.15) is 12.1 Å². The Morgan fingerprint density at radius 3 is 2.06 bits per heavy atom. The molecule has 0 spiro atoms. The number of hydrogen-bond donors (Lipinski definition) is 3. The van der Waals surface area contributed by atoms with Gasteiger partial charge in [-0.1, -0.05) is 18.2 Å². The largest absolute Gasteiger partial charge is 0.493 e. The summed E-state index contributed by atoms with van der Waals surface area (Å²) in [4.78, 5) is 35.8. The van der Waals surface area contributed by atoms with E-state index in [1.165, 1.54) is 0 Å². The Morgan fingerprint density at radius 2 is 1.45 bits per heavy atom. The molecule has 2 rings (SSSR count). The van der Waals surface area contributed by atoms with Gasteiger partial charge < -0.3 is 30.2 Å². The van der Waals surface area contributed by atoms with Crippen molar-refractivity contribution in [1.82, 2.24) is 10.6 Å². The van der Waals surface area contributed by atoms with Crippen LogP contribution in [-0.4, -0.2) is 44.3 Å². The lowest BCUT2D eigenvalue weighted by molar-refractivity contribution is -0.120. The van der Waals surface area contributed by atoms with E-state index in [1.807, 2.05) is 6.07 Å². The second-order valence-electron chi connectivity index (χ2n) is 8.24. The third-order valence-electron chi connectivity index (χ3n) is 4.33. The lowest BCUT2D eigenvalue weighted by Crippen LogP contribution is -2.39. The quantitative estimate of drug-likeness (QED) is 0.533. The minimum atomic E-state index is -0.647. The Bertz CT molecular complexity index is 967. The zero-order chi connectivity index (χ0) is 24.4. The van der Waals surface area contributed by atoms with Gasteiger partial charge in [0.25, 0.3) is 0 Å². The molecular weight excluding hydrogens is 426 g/mol. The first-order valence-corrected chi connectivity index (χ1v) is 10.4. The molecule has 2 aromatic carbocycles. The number of nitrogens with one attached hydrogen (secondary N) is 3. The van der Waals surface area contributed by atoms with Gasteiger partial charge in [-0.3, -0.25) is 9.59 Å². The topological polar surface area (TPSA) is 115 Å². The molecule has 9 heteroatoms. The minimum Gasteiger partial charge on any atom is -0.493 e. The van der Waals surface area contributed by atoms with Gasteiger partial charge in [-0.2, -0.15) is 0 Å². The Labute approximate surface area is 193 Å². The maximum absolute atomic E-state index is 12.4. The number of methoxy groups -OCH3 is 2. The smallest absolute Gasteiger partial charge is 0.408 e.